The molecule has 0 radical (unpaired) electrons. The average Bonchev–Trinajstić information content (AvgIpc) is 3.02. The SMILES string of the molecule is CCCCOc1ccc(/C=C2\SC(=S)N(NC(=O)c3ccc(OC)cc3)C2=O)cc1. The largest absolute Gasteiger partial charge is 0.497 e. The lowest BCUT2D eigenvalue weighted by atomic mass is 10.2. The highest BCUT2D eigenvalue weighted by molar-refractivity contribution is 8.26. The Kier molecular flexibility index (Phi) is 7.48. The fourth-order valence-corrected chi connectivity index (χ4v) is 3.80. The van der Waals surface area contributed by atoms with Crippen LogP contribution in [0.1, 0.15) is 35.7 Å². The standard InChI is InChI=1S/C22H22N2O4S2/c1-3-4-13-28-18-9-5-15(6-10-18)14-19-21(26)24(22(29)30-19)23-20(25)16-7-11-17(27-2)12-8-16/h5-12,14H,3-4,13H2,1-2H3,(H,23,25)/b19-14-. The maximum atomic E-state index is 12.7. The van der Waals surface area contributed by atoms with E-state index in [1.54, 1.807) is 37.5 Å². The van der Waals surface area contributed by atoms with Gasteiger partial charge in [-0.3, -0.25) is 15.0 Å². The van der Waals surface area contributed by atoms with Gasteiger partial charge >= 0.3 is 0 Å². The highest BCUT2D eigenvalue weighted by Gasteiger charge is 2.33. The second-order valence-electron chi connectivity index (χ2n) is 6.46. The molecule has 1 N–H and O–H groups in total. The maximum absolute atomic E-state index is 12.7. The number of nitrogens with one attached hydrogen (secondary N) is 1. The van der Waals surface area contributed by atoms with Crippen LogP contribution in [0, 0.1) is 0 Å². The van der Waals surface area contributed by atoms with Crippen molar-refractivity contribution in [3.8, 4) is 11.5 Å². The number of thioether (sulfide) groups is 1. The Morgan fingerprint density at radius 1 is 1.13 bits per heavy atom. The van der Waals surface area contributed by atoms with E-state index < -0.39 is 5.91 Å². The van der Waals surface area contributed by atoms with Crippen LogP contribution < -0.4 is 14.9 Å². The molecule has 1 fully saturated rings. The van der Waals surface area contributed by atoms with Crippen molar-refractivity contribution >= 4 is 46.2 Å². The van der Waals surface area contributed by atoms with E-state index in [1.807, 2.05) is 24.3 Å². The smallest absolute Gasteiger partial charge is 0.285 e. The van der Waals surface area contributed by atoms with Crippen molar-refractivity contribution in [3.05, 3.63) is 64.6 Å². The highest BCUT2D eigenvalue weighted by atomic mass is 32.2. The number of unbranched alkanes of at least 4 members (excludes halogenated alkanes) is 1. The molecule has 0 unspecified atom stereocenters. The number of hydrazine groups is 1. The van der Waals surface area contributed by atoms with E-state index in [0.717, 1.165) is 40.9 Å². The summed E-state index contributed by atoms with van der Waals surface area (Å²) in [7, 11) is 1.55. The second kappa shape index (κ2) is 10.3. The van der Waals surface area contributed by atoms with E-state index in [4.69, 9.17) is 21.7 Å². The van der Waals surface area contributed by atoms with Gasteiger partial charge in [0.25, 0.3) is 11.8 Å². The van der Waals surface area contributed by atoms with Crippen LogP contribution in [0.4, 0.5) is 0 Å². The molecule has 1 saturated heterocycles. The van der Waals surface area contributed by atoms with Crippen LogP contribution in [-0.2, 0) is 4.79 Å². The summed E-state index contributed by atoms with van der Waals surface area (Å²) in [6.45, 7) is 2.80. The molecule has 0 aromatic heterocycles. The number of hydrogen-bond acceptors (Lipinski definition) is 6. The number of thiocarbonyl (C=S) groups is 1. The number of hydrogen-bond donors (Lipinski definition) is 1. The number of nitrogens with zero attached hydrogens (tertiary/aromatic N) is 1. The zero-order chi connectivity index (χ0) is 21.5. The molecule has 1 aliphatic heterocycles. The van der Waals surface area contributed by atoms with Crippen LogP contribution in [-0.4, -0.2) is 34.9 Å². The van der Waals surface area contributed by atoms with E-state index in [1.165, 1.54) is 0 Å². The van der Waals surface area contributed by atoms with E-state index in [-0.39, 0.29) is 10.2 Å². The summed E-state index contributed by atoms with van der Waals surface area (Å²) >= 11 is 6.42. The predicted octanol–water partition coefficient (Wildman–Crippen LogP) is 4.42. The number of benzene rings is 2. The minimum absolute atomic E-state index is 0.271. The van der Waals surface area contributed by atoms with Crippen molar-refractivity contribution in [2.45, 2.75) is 19.8 Å². The third-order valence-electron chi connectivity index (χ3n) is 4.30. The molecule has 6 nitrogen and oxygen atoms in total. The Morgan fingerprint density at radius 2 is 1.80 bits per heavy atom. The normalized spacial score (nSPS) is 14.9. The summed E-state index contributed by atoms with van der Waals surface area (Å²) < 4.78 is 11.0. The molecule has 1 aliphatic rings. The molecule has 1 heterocycles. The number of carbonyl (C=O) groups excluding carboxylic acids is 2. The number of amides is 2. The average molecular weight is 443 g/mol. The molecular formula is C22H22N2O4S2. The van der Waals surface area contributed by atoms with E-state index in [9.17, 15) is 9.59 Å². The zero-order valence-corrected chi connectivity index (χ0v) is 18.3. The first kappa shape index (κ1) is 21.9. The topological polar surface area (TPSA) is 67.9 Å². The quantitative estimate of drug-likeness (QED) is 0.371. The van der Waals surface area contributed by atoms with Crippen LogP contribution in [0.3, 0.4) is 0 Å². The lowest BCUT2D eigenvalue weighted by molar-refractivity contribution is -0.123. The van der Waals surface area contributed by atoms with Crippen LogP contribution >= 0.6 is 24.0 Å². The molecule has 2 aromatic rings. The van der Waals surface area contributed by atoms with Gasteiger partial charge in [0.1, 0.15) is 11.5 Å². The second-order valence-corrected chi connectivity index (χ2v) is 8.13. The van der Waals surface area contributed by atoms with Gasteiger partial charge in [-0.1, -0.05) is 37.2 Å². The van der Waals surface area contributed by atoms with Crippen LogP contribution in [0.15, 0.2) is 53.4 Å². The third-order valence-corrected chi connectivity index (χ3v) is 5.61. The van der Waals surface area contributed by atoms with Crippen molar-refractivity contribution in [2.75, 3.05) is 13.7 Å². The molecular weight excluding hydrogens is 420 g/mol. The van der Waals surface area contributed by atoms with Gasteiger partial charge in [-0.25, -0.2) is 0 Å². The fourth-order valence-electron chi connectivity index (χ4n) is 2.62. The molecule has 3 rings (SSSR count). The van der Waals surface area contributed by atoms with Gasteiger partial charge < -0.3 is 9.47 Å². The van der Waals surface area contributed by atoms with Gasteiger partial charge in [-0.05, 0) is 66.7 Å². The van der Waals surface area contributed by atoms with E-state index >= 15 is 0 Å². The molecule has 156 valence electrons. The number of methoxy groups -OCH3 is 1. The first-order valence-electron chi connectivity index (χ1n) is 9.47. The monoisotopic (exact) mass is 442 g/mol. The van der Waals surface area contributed by atoms with Crippen molar-refractivity contribution < 1.29 is 19.1 Å². The van der Waals surface area contributed by atoms with Crippen LogP contribution in [0.5, 0.6) is 11.5 Å². The Morgan fingerprint density at radius 3 is 2.43 bits per heavy atom. The summed E-state index contributed by atoms with van der Waals surface area (Å²) in [5.74, 6) is 0.640. The van der Waals surface area contributed by atoms with Crippen LogP contribution in [0.2, 0.25) is 0 Å². The molecule has 8 heteroatoms. The highest BCUT2D eigenvalue weighted by Crippen LogP contribution is 2.31. The van der Waals surface area contributed by atoms with Crippen LogP contribution in [0.25, 0.3) is 6.08 Å². The summed E-state index contributed by atoms with van der Waals surface area (Å²) in [5, 5.41) is 1.10. The van der Waals surface area contributed by atoms with Gasteiger partial charge in [-0.15, -0.1) is 0 Å². The summed E-state index contributed by atoms with van der Waals surface area (Å²) in [6, 6.07) is 14.1. The number of rotatable bonds is 8. The van der Waals surface area contributed by atoms with Gasteiger partial charge in [0.2, 0.25) is 0 Å². The van der Waals surface area contributed by atoms with E-state index in [2.05, 4.69) is 12.3 Å². The van der Waals surface area contributed by atoms with E-state index in [0.29, 0.717) is 22.8 Å². The summed E-state index contributed by atoms with van der Waals surface area (Å²) in [6.07, 6.45) is 3.83. The summed E-state index contributed by atoms with van der Waals surface area (Å²) in [4.78, 5) is 25.6. The molecule has 2 aromatic carbocycles. The van der Waals surface area contributed by atoms with Gasteiger partial charge in [-0.2, -0.15) is 5.01 Å². The first-order valence-corrected chi connectivity index (χ1v) is 10.7. The molecule has 0 bridgehead atoms. The molecule has 0 spiro atoms. The van der Waals surface area contributed by atoms with Gasteiger partial charge in [0.05, 0.1) is 18.6 Å². The molecule has 2 amide bonds. The Hall–Kier alpha value is -2.84. The van der Waals surface area contributed by atoms with Gasteiger partial charge in [0, 0.05) is 5.56 Å². The minimum atomic E-state index is -0.427. The van der Waals surface area contributed by atoms with Crippen molar-refractivity contribution in [2.24, 2.45) is 0 Å². The third kappa shape index (κ3) is 5.40. The molecule has 30 heavy (non-hydrogen) atoms. The van der Waals surface area contributed by atoms with Crippen molar-refractivity contribution in [1.29, 1.82) is 0 Å². The maximum Gasteiger partial charge on any atom is 0.285 e. The lowest BCUT2D eigenvalue weighted by Crippen LogP contribution is -2.44. The first-order chi connectivity index (χ1) is 14.5. The minimum Gasteiger partial charge on any atom is -0.497 e. The van der Waals surface area contributed by atoms with Crippen molar-refractivity contribution in [1.82, 2.24) is 10.4 Å². The molecule has 0 saturated carbocycles. The molecule has 0 aliphatic carbocycles. The summed E-state index contributed by atoms with van der Waals surface area (Å²) in [5.41, 5.74) is 3.81. The van der Waals surface area contributed by atoms with Gasteiger partial charge in [0.15, 0.2) is 4.32 Å². The molecule has 0 atom stereocenters. The number of carbonyl (C=O) groups is 2. The Bertz CT molecular complexity index is 956. The Balaban J connectivity index is 1.65. The zero-order valence-electron chi connectivity index (χ0n) is 16.7. The number of ether oxygens (including phenoxy) is 2. The fraction of sp³-hybridized carbons (Fsp3) is 0.227. The predicted molar refractivity (Wildman–Crippen MR) is 122 cm³/mol. The van der Waals surface area contributed by atoms with Crippen molar-refractivity contribution in [3.63, 3.8) is 0 Å². The Labute approximate surface area is 185 Å². The lowest BCUT2D eigenvalue weighted by Gasteiger charge is -2.15.